The van der Waals surface area contributed by atoms with Crippen LogP contribution in [0.5, 0.6) is 0 Å². The quantitative estimate of drug-likeness (QED) is 0.174. The molecule has 0 spiro atoms. The van der Waals surface area contributed by atoms with Gasteiger partial charge in [0.25, 0.3) is 5.91 Å². The topological polar surface area (TPSA) is 134 Å². The number of esters is 1. The number of hydrogen-bond acceptors (Lipinski definition) is 8. The van der Waals surface area contributed by atoms with Crippen LogP contribution in [0.4, 0.5) is 8.78 Å². The number of aliphatic imine (C=N–C) groups is 1. The first kappa shape index (κ1) is 30.4. The average molecular weight is 696 g/mol. The Balaban J connectivity index is 1.41. The zero-order valence-corrected chi connectivity index (χ0v) is 28.3. The Kier molecular flexibility index (Phi) is 7.86. The lowest BCUT2D eigenvalue weighted by molar-refractivity contribution is -0.148. The van der Waals surface area contributed by atoms with Crippen molar-refractivity contribution < 1.29 is 27.2 Å². The van der Waals surface area contributed by atoms with E-state index in [-0.39, 0.29) is 47.2 Å². The number of aromatic nitrogens is 5. The lowest BCUT2D eigenvalue weighted by atomic mass is 9.75. The van der Waals surface area contributed by atoms with Crippen LogP contribution in [0.15, 0.2) is 66.2 Å². The second-order valence-corrected chi connectivity index (χ2v) is 14.6. The molecule has 2 aromatic heterocycles. The van der Waals surface area contributed by atoms with Gasteiger partial charge in [-0.1, -0.05) is 69.6 Å². The summed E-state index contributed by atoms with van der Waals surface area (Å²) in [6, 6.07) is 10.6. The average Bonchev–Trinajstić information content (AvgIpc) is 3.43. The summed E-state index contributed by atoms with van der Waals surface area (Å²) in [7, 11) is 0. The van der Waals surface area contributed by atoms with Gasteiger partial charge < -0.3 is 10.5 Å². The smallest absolute Gasteiger partial charge is 0.333 e. The first-order chi connectivity index (χ1) is 24.3. The minimum absolute atomic E-state index is 0.0279. The number of hydrogen-bond donors (Lipinski definition) is 1. The third-order valence-electron chi connectivity index (χ3n) is 8.96. The predicted molar refractivity (Wildman–Crippen MR) is 180 cm³/mol. The van der Waals surface area contributed by atoms with Gasteiger partial charge >= 0.3 is 12.5 Å². The molecule has 1 aliphatic heterocycles. The number of alkyl halides is 2. The van der Waals surface area contributed by atoms with Crippen LogP contribution in [0.25, 0.3) is 22.5 Å². The summed E-state index contributed by atoms with van der Waals surface area (Å²) in [6.45, 7) is 2.16. The van der Waals surface area contributed by atoms with Crippen molar-refractivity contribution in [1.82, 2.24) is 29.4 Å². The van der Waals surface area contributed by atoms with Crippen LogP contribution >= 0.6 is 11.6 Å². The predicted octanol–water partition coefficient (Wildman–Crippen LogP) is 6.66. The molecule has 4 aromatic rings. The van der Waals surface area contributed by atoms with Crippen LogP contribution in [0.1, 0.15) is 81.2 Å². The fraction of sp³-hybridized carbons (Fsp3) is 0.429. The minimum Gasteiger partial charge on any atom is -0.463 e. The monoisotopic (exact) mass is 695 g/mol. The number of guanidine groups is 1. The van der Waals surface area contributed by atoms with Gasteiger partial charge in [0.1, 0.15) is 12.9 Å². The number of ether oxygens (including phenoxy) is 1. The first-order valence-electron chi connectivity index (χ1n) is 17.3. The molecular weight excluding hydrogens is 654 g/mol. The number of carbonyl (C=O) groups excluding carboxylic acids is 2. The van der Waals surface area contributed by atoms with E-state index in [9.17, 15) is 18.4 Å². The van der Waals surface area contributed by atoms with E-state index in [2.05, 4.69) is 15.2 Å². The Morgan fingerprint density at radius 2 is 1.88 bits per heavy atom. The molecule has 14 heteroatoms. The lowest BCUT2D eigenvalue weighted by Gasteiger charge is -2.35. The third-order valence-corrected chi connectivity index (χ3v) is 9.29. The summed E-state index contributed by atoms with van der Waals surface area (Å²) in [4.78, 5) is 38.3. The summed E-state index contributed by atoms with van der Waals surface area (Å²) in [5.41, 5.74) is 6.82. The zero-order valence-electron chi connectivity index (χ0n) is 30.5. The number of nitrogens with zero attached hydrogens (tertiary/aromatic N) is 7. The molecule has 2 aliphatic rings. The molecule has 1 fully saturated rings. The molecule has 1 amide bonds. The summed E-state index contributed by atoms with van der Waals surface area (Å²) in [5.74, 6) is -1.06. The zero-order chi connectivity index (χ0) is 37.8. The van der Waals surface area contributed by atoms with E-state index in [0.717, 1.165) is 23.9 Å². The maximum Gasteiger partial charge on any atom is 0.333 e. The number of halogens is 3. The molecule has 0 saturated heterocycles. The first-order valence-corrected chi connectivity index (χ1v) is 16.2. The maximum atomic E-state index is 15.0. The molecule has 0 unspecified atom stereocenters. The molecule has 2 aromatic carbocycles. The normalized spacial score (nSPS) is 20.5. The molecule has 0 bridgehead atoms. The molecule has 11 nitrogen and oxygen atoms in total. The largest absolute Gasteiger partial charge is 0.463 e. The highest BCUT2D eigenvalue weighted by Crippen LogP contribution is 2.49. The number of benzene rings is 2. The van der Waals surface area contributed by atoms with Crippen molar-refractivity contribution in [3.8, 4) is 22.5 Å². The minimum atomic E-state index is -2.79. The maximum absolute atomic E-state index is 15.0. The van der Waals surface area contributed by atoms with E-state index in [1.807, 2.05) is 27.7 Å². The lowest BCUT2D eigenvalue weighted by Crippen LogP contribution is -2.47. The Labute approximate surface area is 292 Å². The van der Waals surface area contributed by atoms with Crippen LogP contribution in [-0.4, -0.2) is 53.9 Å². The number of amides is 1. The van der Waals surface area contributed by atoms with Gasteiger partial charge in [-0.3, -0.25) is 14.5 Å². The van der Waals surface area contributed by atoms with Crippen LogP contribution in [0.3, 0.4) is 0 Å². The van der Waals surface area contributed by atoms with Gasteiger partial charge in [0.15, 0.2) is 17.3 Å². The molecule has 1 saturated carbocycles. The highest BCUT2D eigenvalue weighted by molar-refractivity contribution is 6.33. The highest BCUT2D eigenvalue weighted by atomic mass is 35.5. The molecule has 258 valence electrons. The van der Waals surface area contributed by atoms with Crippen LogP contribution < -0.4 is 5.73 Å². The van der Waals surface area contributed by atoms with Crippen molar-refractivity contribution in [3.63, 3.8) is 0 Å². The second kappa shape index (κ2) is 12.7. The summed E-state index contributed by atoms with van der Waals surface area (Å²) < 4.78 is 57.3. The van der Waals surface area contributed by atoms with Crippen LogP contribution in [-0.2, 0) is 26.8 Å². The molecule has 1 aliphatic carbocycles. The van der Waals surface area contributed by atoms with E-state index in [0.29, 0.717) is 26.9 Å². The molecule has 2 N–H and O–H groups in total. The van der Waals surface area contributed by atoms with Gasteiger partial charge in [-0.15, -0.1) is 0 Å². The van der Waals surface area contributed by atoms with Crippen molar-refractivity contribution in [1.29, 1.82) is 0 Å². The van der Waals surface area contributed by atoms with Crippen LogP contribution in [0.2, 0.25) is 5.02 Å². The van der Waals surface area contributed by atoms with E-state index in [4.69, 9.17) is 31.2 Å². The Morgan fingerprint density at radius 1 is 1.14 bits per heavy atom. The van der Waals surface area contributed by atoms with E-state index in [1.54, 1.807) is 36.4 Å². The van der Waals surface area contributed by atoms with Crippen molar-refractivity contribution in [2.45, 2.75) is 71.5 Å². The van der Waals surface area contributed by atoms with Gasteiger partial charge in [0, 0.05) is 28.4 Å². The van der Waals surface area contributed by atoms with E-state index < -0.39 is 42.4 Å². The number of rotatable bonds is 11. The summed E-state index contributed by atoms with van der Waals surface area (Å²) in [6.07, 6.45) is 5.93. The fourth-order valence-corrected chi connectivity index (χ4v) is 6.44. The molecule has 2 atom stereocenters. The van der Waals surface area contributed by atoms with Crippen LogP contribution in [0, 0.1) is 10.8 Å². The molecule has 0 radical (unpaired) electrons. The Bertz CT molecular complexity index is 2020. The van der Waals surface area contributed by atoms with Gasteiger partial charge in [-0.2, -0.15) is 19.0 Å². The van der Waals surface area contributed by atoms with Gasteiger partial charge in [-0.05, 0) is 58.9 Å². The fourth-order valence-electron chi connectivity index (χ4n) is 6.23. The standard InChI is InChI=1S/C35H39ClF2N8O3/c1-33(2,3)19-35(24-9-6-21(7-10-24)23-16-41-45(17-23)31(37)38)30(48)46(32(39)43-35)27(18-49-28(47)15-34(4)12-13-34)22-8-11-26(36)25(14-22)29-40-20-42-44(29)5/h6-11,14,16-17,20,27,31H,12-13,15,18-19H2,1-5H3,(H2,39,43)/t27-,35-/m1/s1/i5D3. The van der Waals surface area contributed by atoms with Crippen molar-refractivity contribution in [2.75, 3.05) is 6.61 Å². The van der Waals surface area contributed by atoms with Crippen molar-refractivity contribution >= 4 is 29.4 Å². The van der Waals surface area contributed by atoms with Gasteiger partial charge in [-0.25, -0.2) is 19.3 Å². The number of nitrogens with two attached hydrogens (primary N) is 1. The number of carbonyl (C=O) groups is 2. The SMILES string of the molecule is [2H]C([2H])([2H])n1ncnc1-c1cc([C@@H](COC(=O)CC2(C)CC2)N2C(=O)[C@@](CC(C)(C)C)(c3ccc(-c4cnn(C(F)F)c4)cc3)N=C2N)ccc1Cl. The van der Waals surface area contributed by atoms with Gasteiger partial charge in [0.2, 0.25) is 0 Å². The van der Waals surface area contributed by atoms with Crippen molar-refractivity contribution in [2.24, 2.45) is 28.5 Å². The highest BCUT2D eigenvalue weighted by Gasteiger charge is 2.53. The molecular formula is C35H39ClF2N8O3. The van der Waals surface area contributed by atoms with E-state index in [1.165, 1.54) is 23.4 Å². The molecule has 3 heterocycles. The second-order valence-electron chi connectivity index (χ2n) is 14.2. The Morgan fingerprint density at radius 3 is 2.51 bits per heavy atom. The number of aryl methyl sites for hydroxylation is 1. The third kappa shape index (κ3) is 6.94. The summed E-state index contributed by atoms with van der Waals surface area (Å²) >= 11 is 6.59. The van der Waals surface area contributed by atoms with E-state index >= 15 is 0 Å². The molecule has 49 heavy (non-hydrogen) atoms. The molecule has 6 rings (SSSR count). The van der Waals surface area contributed by atoms with Crippen molar-refractivity contribution in [3.05, 3.63) is 77.3 Å². The Hall–Kier alpha value is -4.65. The van der Waals surface area contributed by atoms with Gasteiger partial charge in [0.05, 0.1) is 23.7 Å². The summed E-state index contributed by atoms with van der Waals surface area (Å²) in [5, 5.41) is 7.77.